The number of carbonyl (C=O) groups is 1. The van der Waals surface area contributed by atoms with Gasteiger partial charge in [-0.1, -0.05) is 23.8 Å². The lowest BCUT2D eigenvalue weighted by molar-refractivity contribution is -0.118. The Bertz CT molecular complexity index is 828. The first-order chi connectivity index (χ1) is 11.9. The van der Waals surface area contributed by atoms with Gasteiger partial charge in [0.15, 0.2) is 6.61 Å². The molecule has 0 fully saturated rings. The summed E-state index contributed by atoms with van der Waals surface area (Å²) in [6, 6.07) is 13.2. The number of hydrogen-bond acceptors (Lipinski definition) is 4. The zero-order valence-corrected chi connectivity index (χ0v) is 14.7. The van der Waals surface area contributed by atoms with Gasteiger partial charge in [-0.2, -0.15) is 0 Å². The summed E-state index contributed by atoms with van der Waals surface area (Å²) in [6.07, 6.45) is 1.46. The zero-order chi connectivity index (χ0) is 18.3. The standard InChI is InChI=1S/C18H20N2O4S/c1-3-12-19-25(22,23)17-10-6-15(7-11-17)20-18(21)13-24-16-8-4-14(2)5-9-16/h3-11,19H,1,12-13H2,2H3,(H,20,21). The molecule has 0 spiro atoms. The number of carbonyl (C=O) groups excluding carboxylic acids is 1. The molecular formula is C18H20N2O4S. The fourth-order valence-electron chi connectivity index (χ4n) is 1.95. The van der Waals surface area contributed by atoms with Gasteiger partial charge in [-0.05, 0) is 43.3 Å². The predicted octanol–water partition coefficient (Wildman–Crippen LogP) is 2.48. The molecule has 0 aliphatic rings. The summed E-state index contributed by atoms with van der Waals surface area (Å²) in [5.74, 6) is 0.274. The highest BCUT2D eigenvalue weighted by molar-refractivity contribution is 7.89. The van der Waals surface area contributed by atoms with Gasteiger partial charge in [0.2, 0.25) is 10.0 Å². The van der Waals surface area contributed by atoms with Gasteiger partial charge in [-0.15, -0.1) is 6.58 Å². The van der Waals surface area contributed by atoms with E-state index in [4.69, 9.17) is 4.74 Å². The van der Waals surface area contributed by atoms with E-state index in [9.17, 15) is 13.2 Å². The number of benzene rings is 2. The predicted molar refractivity (Wildman–Crippen MR) is 97.1 cm³/mol. The molecule has 6 nitrogen and oxygen atoms in total. The van der Waals surface area contributed by atoms with Crippen LogP contribution in [0, 0.1) is 6.92 Å². The molecule has 0 saturated heterocycles. The molecule has 0 aliphatic heterocycles. The molecule has 0 unspecified atom stereocenters. The minimum atomic E-state index is -3.58. The van der Waals surface area contributed by atoms with Gasteiger partial charge >= 0.3 is 0 Å². The van der Waals surface area contributed by atoms with Gasteiger partial charge in [0.05, 0.1) is 4.90 Å². The number of hydrogen-bond donors (Lipinski definition) is 2. The van der Waals surface area contributed by atoms with E-state index in [1.807, 2.05) is 19.1 Å². The molecule has 1 amide bonds. The summed E-state index contributed by atoms with van der Waals surface area (Å²) in [4.78, 5) is 12.0. The fourth-order valence-corrected chi connectivity index (χ4v) is 2.95. The van der Waals surface area contributed by atoms with Crippen molar-refractivity contribution in [2.24, 2.45) is 0 Å². The summed E-state index contributed by atoms with van der Waals surface area (Å²) < 4.78 is 31.6. The second-order valence-corrected chi connectivity index (χ2v) is 7.08. The minimum absolute atomic E-state index is 0.114. The van der Waals surface area contributed by atoms with E-state index in [-0.39, 0.29) is 24.0 Å². The molecule has 0 aromatic heterocycles. The average molecular weight is 360 g/mol. The maximum Gasteiger partial charge on any atom is 0.262 e. The molecule has 0 saturated carbocycles. The summed E-state index contributed by atoms with van der Waals surface area (Å²) in [6.45, 7) is 5.44. The highest BCUT2D eigenvalue weighted by atomic mass is 32.2. The molecule has 0 radical (unpaired) electrons. The van der Waals surface area contributed by atoms with Gasteiger partial charge in [-0.3, -0.25) is 4.79 Å². The van der Waals surface area contributed by atoms with Gasteiger partial charge in [0.25, 0.3) is 5.91 Å². The van der Waals surface area contributed by atoms with E-state index in [0.717, 1.165) is 5.56 Å². The Morgan fingerprint density at radius 1 is 1.12 bits per heavy atom. The SMILES string of the molecule is C=CCNS(=O)(=O)c1ccc(NC(=O)COc2ccc(C)cc2)cc1. The molecular weight excluding hydrogens is 340 g/mol. The lowest BCUT2D eigenvalue weighted by Crippen LogP contribution is -2.23. The molecule has 2 rings (SSSR count). The number of anilines is 1. The van der Waals surface area contributed by atoms with Crippen molar-refractivity contribution >= 4 is 21.6 Å². The van der Waals surface area contributed by atoms with Crippen molar-refractivity contribution in [2.75, 3.05) is 18.5 Å². The maximum atomic E-state index is 11.9. The number of nitrogens with one attached hydrogen (secondary N) is 2. The highest BCUT2D eigenvalue weighted by Gasteiger charge is 2.12. The quantitative estimate of drug-likeness (QED) is 0.708. The van der Waals surface area contributed by atoms with Crippen LogP contribution >= 0.6 is 0 Å². The number of rotatable bonds is 8. The second kappa shape index (κ2) is 8.46. The van der Waals surface area contributed by atoms with Crippen LogP contribution in [0.3, 0.4) is 0 Å². The van der Waals surface area contributed by atoms with Crippen LogP contribution in [0.1, 0.15) is 5.56 Å². The van der Waals surface area contributed by atoms with Crippen LogP contribution in [-0.4, -0.2) is 27.5 Å². The first-order valence-corrected chi connectivity index (χ1v) is 9.09. The van der Waals surface area contributed by atoms with Crippen molar-refractivity contribution < 1.29 is 17.9 Å². The smallest absolute Gasteiger partial charge is 0.262 e. The Hall–Kier alpha value is -2.64. The third-order valence-corrected chi connectivity index (χ3v) is 4.70. The van der Waals surface area contributed by atoms with E-state index in [0.29, 0.717) is 11.4 Å². The van der Waals surface area contributed by atoms with Crippen molar-refractivity contribution in [1.82, 2.24) is 4.72 Å². The Morgan fingerprint density at radius 2 is 1.76 bits per heavy atom. The Morgan fingerprint density at radius 3 is 2.36 bits per heavy atom. The van der Waals surface area contributed by atoms with Crippen LogP contribution in [0.15, 0.2) is 66.1 Å². The van der Waals surface area contributed by atoms with E-state index in [1.165, 1.54) is 30.3 Å². The van der Waals surface area contributed by atoms with Crippen molar-refractivity contribution in [3.05, 3.63) is 66.7 Å². The van der Waals surface area contributed by atoms with Crippen LogP contribution in [0.5, 0.6) is 5.75 Å². The number of amides is 1. The van der Waals surface area contributed by atoms with Crippen LogP contribution in [0.2, 0.25) is 0 Å². The largest absolute Gasteiger partial charge is 0.484 e. The third-order valence-electron chi connectivity index (χ3n) is 3.26. The summed E-state index contributed by atoms with van der Waals surface area (Å²) >= 11 is 0. The summed E-state index contributed by atoms with van der Waals surface area (Å²) in [7, 11) is -3.58. The molecule has 2 aromatic carbocycles. The topological polar surface area (TPSA) is 84.5 Å². The normalized spacial score (nSPS) is 10.9. The van der Waals surface area contributed by atoms with E-state index >= 15 is 0 Å². The van der Waals surface area contributed by atoms with Crippen LogP contribution in [0.4, 0.5) is 5.69 Å². The number of aryl methyl sites for hydroxylation is 1. The highest BCUT2D eigenvalue weighted by Crippen LogP contribution is 2.15. The van der Waals surface area contributed by atoms with Gasteiger partial charge in [0, 0.05) is 12.2 Å². The van der Waals surface area contributed by atoms with Crippen LogP contribution < -0.4 is 14.8 Å². The monoisotopic (exact) mass is 360 g/mol. The first kappa shape index (κ1) is 18.7. The fraction of sp³-hybridized carbons (Fsp3) is 0.167. The third kappa shape index (κ3) is 5.74. The van der Waals surface area contributed by atoms with Crippen molar-refractivity contribution in [2.45, 2.75) is 11.8 Å². The molecule has 0 atom stereocenters. The Labute approximate surface area is 147 Å². The molecule has 132 valence electrons. The molecule has 0 aliphatic carbocycles. The Balaban J connectivity index is 1.90. The summed E-state index contributed by atoms with van der Waals surface area (Å²) in [5, 5.41) is 2.65. The zero-order valence-electron chi connectivity index (χ0n) is 13.9. The first-order valence-electron chi connectivity index (χ1n) is 7.60. The lowest BCUT2D eigenvalue weighted by atomic mass is 10.2. The maximum absolute atomic E-state index is 11.9. The summed E-state index contributed by atoms with van der Waals surface area (Å²) in [5.41, 5.74) is 1.59. The second-order valence-electron chi connectivity index (χ2n) is 5.31. The molecule has 2 N–H and O–H groups in total. The molecule has 2 aromatic rings. The molecule has 25 heavy (non-hydrogen) atoms. The van der Waals surface area contributed by atoms with Gasteiger partial charge in [-0.25, -0.2) is 13.1 Å². The van der Waals surface area contributed by atoms with E-state index < -0.39 is 10.0 Å². The van der Waals surface area contributed by atoms with E-state index in [2.05, 4.69) is 16.6 Å². The number of sulfonamides is 1. The minimum Gasteiger partial charge on any atom is -0.484 e. The van der Waals surface area contributed by atoms with Crippen molar-refractivity contribution in [3.8, 4) is 5.75 Å². The van der Waals surface area contributed by atoms with Crippen molar-refractivity contribution in [3.63, 3.8) is 0 Å². The van der Waals surface area contributed by atoms with Crippen LogP contribution in [0.25, 0.3) is 0 Å². The van der Waals surface area contributed by atoms with Crippen molar-refractivity contribution in [1.29, 1.82) is 0 Å². The molecule has 7 heteroatoms. The molecule has 0 bridgehead atoms. The molecule has 0 heterocycles. The van der Waals surface area contributed by atoms with Crippen LogP contribution in [-0.2, 0) is 14.8 Å². The lowest BCUT2D eigenvalue weighted by Gasteiger charge is -2.09. The number of ether oxygens (including phenoxy) is 1. The Kier molecular flexibility index (Phi) is 6.32. The average Bonchev–Trinajstić information content (AvgIpc) is 2.60. The van der Waals surface area contributed by atoms with Gasteiger partial charge < -0.3 is 10.1 Å². The van der Waals surface area contributed by atoms with Gasteiger partial charge in [0.1, 0.15) is 5.75 Å². The van der Waals surface area contributed by atoms with E-state index in [1.54, 1.807) is 12.1 Å².